The Bertz CT molecular complexity index is 1140. The highest BCUT2D eigenvalue weighted by atomic mass is 35.5. The van der Waals surface area contributed by atoms with E-state index in [2.05, 4.69) is 4.98 Å². The van der Waals surface area contributed by atoms with Crippen LogP contribution in [0.1, 0.15) is 9.67 Å². The first-order valence-electron chi connectivity index (χ1n) is 7.98. The minimum absolute atomic E-state index is 0.109. The van der Waals surface area contributed by atoms with E-state index >= 15 is 0 Å². The highest BCUT2D eigenvalue weighted by Gasteiger charge is 2.19. The van der Waals surface area contributed by atoms with Crippen LogP contribution in [0.5, 0.6) is 5.75 Å². The molecule has 6 heteroatoms. The lowest BCUT2D eigenvalue weighted by Crippen LogP contribution is -2.25. The number of hydrogen-bond acceptors (Lipinski definition) is 4. The molecule has 0 unspecified atom stereocenters. The number of rotatable bonds is 3. The van der Waals surface area contributed by atoms with Crippen LogP contribution >= 0.6 is 22.9 Å². The second-order valence-corrected chi connectivity index (χ2v) is 7.31. The molecule has 1 amide bonds. The van der Waals surface area contributed by atoms with E-state index in [9.17, 15) is 4.79 Å². The molecule has 0 bridgehead atoms. The Balaban J connectivity index is 1.75. The average molecular weight is 383 g/mol. The molecule has 0 saturated carbocycles. The zero-order chi connectivity index (χ0) is 18.3. The van der Waals surface area contributed by atoms with Crippen molar-refractivity contribution in [2.24, 2.45) is 0 Å². The van der Waals surface area contributed by atoms with E-state index in [1.54, 1.807) is 25.1 Å². The molecule has 0 atom stereocenters. The molecular formula is C20H15ClN2O2S. The van der Waals surface area contributed by atoms with Gasteiger partial charge in [-0.15, -0.1) is 11.3 Å². The third kappa shape index (κ3) is 2.89. The second-order valence-electron chi connectivity index (χ2n) is 5.87. The Kier molecular flexibility index (Phi) is 4.26. The van der Waals surface area contributed by atoms with Crippen molar-refractivity contribution in [3.05, 3.63) is 64.5 Å². The van der Waals surface area contributed by atoms with E-state index in [1.165, 1.54) is 11.3 Å². The number of methoxy groups -OCH3 is 1. The van der Waals surface area contributed by atoms with Gasteiger partial charge >= 0.3 is 0 Å². The third-order valence-corrected chi connectivity index (χ3v) is 5.59. The number of para-hydroxylation sites is 1. The third-order valence-electron chi connectivity index (χ3n) is 4.24. The largest absolute Gasteiger partial charge is 0.497 e. The SMILES string of the molecule is COc1ccc2nc3sc(C(=O)N(C)c4ccccc4Cl)cc3cc2c1. The number of thiophene rings is 1. The molecule has 0 saturated heterocycles. The van der Waals surface area contributed by atoms with Gasteiger partial charge in [0.05, 0.1) is 28.2 Å². The molecule has 4 aromatic rings. The summed E-state index contributed by atoms with van der Waals surface area (Å²) < 4.78 is 5.27. The maximum absolute atomic E-state index is 12.9. The molecule has 2 heterocycles. The quantitative estimate of drug-likeness (QED) is 0.477. The monoisotopic (exact) mass is 382 g/mol. The molecule has 0 aliphatic rings. The summed E-state index contributed by atoms with van der Waals surface area (Å²) in [4.78, 5) is 20.6. The van der Waals surface area contributed by atoms with Crippen LogP contribution < -0.4 is 9.64 Å². The van der Waals surface area contributed by atoms with Gasteiger partial charge in [0, 0.05) is 17.8 Å². The molecule has 0 fully saturated rings. The van der Waals surface area contributed by atoms with Crippen LogP contribution in [0.25, 0.3) is 21.1 Å². The lowest BCUT2D eigenvalue weighted by molar-refractivity contribution is 0.0997. The molecule has 0 N–H and O–H groups in total. The van der Waals surface area contributed by atoms with Gasteiger partial charge in [0.15, 0.2) is 0 Å². The van der Waals surface area contributed by atoms with Crippen molar-refractivity contribution in [1.29, 1.82) is 0 Å². The Morgan fingerprint density at radius 2 is 1.92 bits per heavy atom. The van der Waals surface area contributed by atoms with Gasteiger partial charge in [-0.3, -0.25) is 4.79 Å². The number of ether oxygens (including phenoxy) is 1. The molecule has 26 heavy (non-hydrogen) atoms. The van der Waals surface area contributed by atoms with Crippen LogP contribution in [-0.2, 0) is 0 Å². The van der Waals surface area contributed by atoms with Crippen LogP contribution in [0.3, 0.4) is 0 Å². The van der Waals surface area contributed by atoms with Crippen molar-refractivity contribution in [2.75, 3.05) is 19.1 Å². The molecule has 0 radical (unpaired) electrons. The van der Waals surface area contributed by atoms with E-state index < -0.39 is 0 Å². The number of halogens is 1. The number of benzene rings is 2. The van der Waals surface area contributed by atoms with Gasteiger partial charge < -0.3 is 9.64 Å². The van der Waals surface area contributed by atoms with Crippen LogP contribution in [0.15, 0.2) is 54.6 Å². The summed E-state index contributed by atoms with van der Waals surface area (Å²) in [7, 11) is 3.36. The zero-order valence-corrected chi connectivity index (χ0v) is 15.8. The number of aromatic nitrogens is 1. The highest BCUT2D eigenvalue weighted by Crippen LogP contribution is 2.31. The number of pyridine rings is 1. The molecular weight excluding hydrogens is 368 g/mol. The first kappa shape index (κ1) is 16.8. The van der Waals surface area contributed by atoms with Gasteiger partial charge in [0.25, 0.3) is 5.91 Å². The van der Waals surface area contributed by atoms with Crippen LogP contribution in [0.4, 0.5) is 5.69 Å². The summed E-state index contributed by atoms with van der Waals surface area (Å²) >= 11 is 7.60. The minimum Gasteiger partial charge on any atom is -0.497 e. The van der Waals surface area contributed by atoms with E-state index in [1.807, 2.05) is 48.5 Å². The Morgan fingerprint density at radius 3 is 2.69 bits per heavy atom. The average Bonchev–Trinajstić information content (AvgIpc) is 3.07. The Labute approximate surface area is 159 Å². The zero-order valence-electron chi connectivity index (χ0n) is 14.2. The fraction of sp³-hybridized carbons (Fsp3) is 0.100. The topological polar surface area (TPSA) is 42.4 Å². The number of fused-ring (bicyclic) bond motifs is 2. The molecule has 2 aromatic carbocycles. The van der Waals surface area contributed by atoms with Gasteiger partial charge in [-0.25, -0.2) is 4.98 Å². The molecule has 130 valence electrons. The molecule has 2 aromatic heterocycles. The summed E-state index contributed by atoms with van der Waals surface area (Å²) in [5, 5.41) is 2.46. The van der Waals surface area contributed by atoms with Crippen molar-refractivity contribution >= 4 is 55.7 Å². The maximum Gasteiger partial charge on any atom is 0.268 e. The second kappa shape index (κ2) is 6.59. The van der Waals surface area contributed by atoms with Gasteiger partial charge in [0.2, 0.25) is 0 Å². The molecule has 4 rings (SSSR count). The number of hydrogen-bond donors (Lipinski definition) is 0. The first-order chi connectivity index (χ1) is 12.6. The Hall–Kier alpha value is -2.63. The number of nitrogens with zero attached hydrogens (tertiary/aromatic N) is 2. The van der Waals surface area contributed by atoms with Gasteiger partial charge in [0.1, 0.15) is 10.6 Å². The van der Waals surface area contributed by atoms with E-state index in [-0.39, 0.29) is 5.91 Å². The Morgan fingerprint density at radius 1 is 1.12 bits per heavy atom. The van der Waals surface area contributed by atoms with Gasteiger partial charge in [-0.05, 0) is 42.5 Å². The van der Waals surface area contributed by atoms with Gasteiger partial charge in [-0.1, -0.05) is 23.7 Å². The van der Waals surface area contributed by atoms with E-state index in [0.29, 0.717) is 15.6 Å². The fourth-order valence-corrected chi connectivity index (χ4v) is 4.10. The van der Waals surface area contributed by atoms with Crippen molar-refractivity contribution in [2.45, 2.75) is 0 Å². The fourth-order valence-electron chi connectivity index (χ4n) is 2.84. The normalized spacial score (nSPS) is 11.0. The standard InChI is InChI=1S/C20H15ClN2O2S/c1-23(17-6-4-3-5-15(17)21)20(24)18-11-13-9-12-10-14(25-2)7-8-16(12)22-19(13)26-18/h3-11H,1-2H3. The summed E-state index contributed by atoms with van der Waals surface area (Å²) in [6, 6.07) is 16.9. The number of carbonyl (C=O) groups is 1. The highest BCUT2D eigenvalue weighted by molar-refractivity contribution is 7.20. The first-order valence-corrected chi connectivity index (χ1v) is 9.17. The van der Waals surface area contributed by atoms with Crippen molar-refractivity contribution in [3.8, 4) is 5.75 Å². The molecule has 0 spiro atoms. The van der Waals surface area contributed by atoms with Crippen molar-refractivity contribution < 1.29 is 9.53 Å². The van der Waals surface area contributed by atoms with E-state index in [4.69, 9.17) is 16.3 Å². The summed E-state index contributed by atoms with van der Waals surface area (Å²) in [6.45, 7) is 0. The van der Waals surface area contributed by atoms with Crippen LogP contribution in [-0.4, -0.2) is 25.0 Å². The number of amides is 1. The summed E-state index contributed by atoms with van der Waals surface area (Å²) in [5.74, 6) is 0.673. The van der Waals surface area contributed by atoms with Gasteiger partial charge in [-0.2, -0.15) is 0 Å². The van der Waals surface area contributed by atoms with E-state index in [0.717, 1.165) is 26.9 Å². The molecule has 0 aliphatic heterocycles. The van der Waals surface area contributed by atoms with Crippen molar-refractivity contribution in [1.82, 2.24) is 4.98 Å². The van der Waals surface area contributed by atoms with Crippen molar-refractivity contribution in [3.63, 3.8) is 0 Å². The summed E-state index contributed by atoms with van der Waals surface area (Å²) in [6.07, 6.45) is 0. The maximum atomic E-state index is 12.9. The molecule has 0 aliphatic carbocycles. The number of anilines is 1. The smallest absolute Gasteiger partial charge is 0.268 e. The predicted octanol–water partition coefficient (Wildman–Crippen LogP) is 5.39. The minimum atomic E-state index is -0.109. The predicted molar refractivity (Wildman–Crippen MR) is 108 cm³/mol. The number of carbonyl (C=O) groups excluding carboxylic acids is 1. The molecule has 4 nitrogen and oxygen atoms in total. The lowest BCUT2D eigenvalue weighted by Gasteiger charge is -2.17. The lowest BCUT2D eigenvalue weighted by atomic mass is 10.2. The summed E-state index contributed by atoms with van der Waals surface area (Å²) in [5.41, 5.74) is 1.55. The van der Waals surface area contributed by atoms with Crippen LogP contribution in [0.2, 0.25) is 5.02 Å². The van der Waals surface area contributed by atoms with Crippen LogP contribution in [0, 0.1) is 0 Å².